The van der Waals surface area contributed by atoms with Crippen molar-refractivity contribution in [2.45, 2.75) is 232 Å². The Kier molecular flexibility index (Phi) is 33.5. The first kappa shape index (κ1) is 83.5. The van der Waals surface area contributed by atoms with Gasteiger partial charge in [0.2, 0.25) is 0 Å². The third-order valence-corrected chi connectivity index (χ3v) is 23.1. The van der Waals surface area contributed by atoms with Crippen molar-refractivity contribution < 1.29 is 76.8 Å². The van der Waals surface area contributed by atoms with E-state index in [-0.39, 0.29) is 39.9 Å². The number of phenolic OH excluding ortho intramolecular Hbond substituents is 2. The number of fused-ring (bicyclic) bond motifs is 4. The summed E-state index contributed by atoms with van der Waals surface area (Å²) in [5.74, 6) is -2.34. The van der Waals surface area contributed by atoms with Crippen molar-refractivity contribution in [3.8, 4) is 11.5 Å². The van der Waals surface area contributed by atoms with E-state index in [2.05, 4.69) is 42.1 Å². The van der Waals surface area contributed by atoms with Gasteiger partial charge in [-0.2, -0.15) is 22.8 Å². The van der Waals surface area contributed by atoms with Crippen molar-refractivity contribution in [3.63, 3.8) is 0 Å². The largest absolute Gasteiger partial charge is 0.665 e. The number of aromatic nitrogens is 2. The van der Waals surface area contributed by atoms with Crippen LogP contribution >= 0.6 is 23.2 Å². The van der Waals surface area contributed by atoms with E-state index in [9.17, 15) is 40.9 Å². The topological polar surface area (TPSA) is 93.4 Å². The van der Waals surface area contributed by atoms with Gasteiger partial charge in [0.05, 0.1) is 0 Å². The van der Waals surface area contributed by atoms with Crippen LogP contribution in [0.25, 0.3) is 11.1 Å². The molecule has 98 heavy (non-hydrogen) atoms. The van der Waals surface area contributed by atoms with Crippen LogP contribution in [0.3, 0.4) is 0 Å². The summed E-state index contributed by atoms with van der Waals surface area (Å²) in [6.07, 6.45) is 12.6. The van der Waals surface area contributed by atoms with Crippen molar-refractivity contribution in [3.05, 3.63) is 197 Å². The fraction of sp³-hybridized carbons (Fsp3) is 0.481. The zero-order chi connectivity index (χ0) is 72.8. The van der Waals surface area contributed by atoms with E-state index in [1.54, 1.807) is 18.2 Å². The van der Waals surface area contributed by atoms with Crippen LogP contribution in [-0.4, -0.2) is 31.4 Å². The fourth-order valence-corrected chi connectivity index (χ4v) is 16.4. The first-order chi connectivity index (χ1) is 46.3. The number of hydrogen-bond acceptors (Lipinski definition) is 4. The Morgan fingerprint density at radius 2 is 0.857 bits per heavy atom. The summed E-state index contributed by atoms with van der Waals surface area (Å²) < 4.78 is 109. The zero-order valence-corrected chi connectivity index (χ0v) is 65.9. The van der Waals surface area contributed by atoms with Crippen LogP contribution in [0.1, 0.15) is 222 Å². The Labute approximate surface area is 606 Å². The van der Waals surface area contributed by atoms with Crippen molar-refractivity contribution in [1.82, 2.24) is 9.97 Å². The van der Waals surface area contributed by atoms with E-state index >= 15 is 0 Å². The maximum absolute atomic E-state index is 14.7. The first-order valence-electron chi connectivity index (χ1n) is 34.7. The van der Waals surface area contributed by atoms with Crippen molar-refractivity contribution >= 4 is 54.5 Å². The number of aromatic hydroxyl groups is 2. The molecule has 0 spiro atoms. The van der Waals surface area contributed by atoms with Gasteiger partial charge in [-0.1, -0.05) is 93.5 Å². The fourth-order valence-electron chi connectivity index (χ4n) is 12.5. The number of halogens is 9. The van der Waals surface area contributed by atoms with E-state index in [4.69, 9.17) is 23.2 Å². The molecular formula is C81H103Cl2F7Mo2N4O2-2. The van der Waals surface area contributed by atoms with Gasteiger partial charge in [0.1, 0.15) is 12.3 Å². The molecule has 2 aromatic heterocycles. The minimum absolute atomic E-state index is 0.0128. The van der Waals surface area contributed by atoms with E-state index in [1.807, 2.05) is 137 Å². The van der Waals surface area contributed by atoms with Gasteiger partial charge in [-0.15, -0.1) is 0 Å². The number of alkyl halides is 5. The quantitative estimate of drug-likeness (QED) is 0.136. The number of benzene rings is 4. The molecule has 4 unspecified atom stereocenters. The van der Waals surface area contributed by atoms with Gasteiger partial charge in [0.25, 0.3) is 0 Å². The molecule has 536 valence electrons. The molecule has 12 rings (SSSR count). The molecule has 0 radical (unpaired) electrons. The number of aryl methyl sites for hydroxylation is 6. The molecule has 6 aromatic rings. The number of nitrogens with zero attached hydrogens (tertiary/aromatic N) is 4. The zero-order valence-electron chi connectivity index (χ0n) is 60.3. The molecule has 6 nitrogen and oxygen atoms in total. The van der Waals surface area contributed by atoms with Crippen molar-refractivity contribution in [1.29, 1.82) is 0 Å². The smallest absolute Gasteiger partial charge is 0.165 e. The average Bonchev–Trinajstić information content (AvgIpc) is 0.872. The van der Waals surface area contributed by atoms with Crippen molar-refractivity contribution in [2.24, 2.45) is 29.7 Å². The Bertz CT molecular complexity index is 3680. The second kappa shape index (κ2) is 39.3. The third-order valence-electron chi connectivity index (χ3n) is 17.0. The Hall–Kier alpha value is -5.19. The van der Waals surface area contributed by atoms with Gasteiger partial charge in [0, 0.05) is 23.0 Å². The molecule has 17 heteroatoms. The minimum Gasteiger partial charge on any atom is -0.665 e. The van der Waals surface area contributed by atoms with Crippen LogP contribution in [0.4, 0.5) is 42.1 Å². The van der Waals surface area contributed by atoms with E-state index in [0.29, 0.717) is 21.2 Å². The van der Waals surface area contributed by atoms with Crippen LogP contribution in [-0.2, 0) is 67.7 Å². The first-order valence-corrected chi connectivity index (χ1v) is 39.6. The van der Waals surface area contributed by atoms with E-state index in [0.717, 1.165) is 193 Å². The Morgan fingerprint density at radius 1 is 0.500 bits per heavy atom. The second-order valence-corrected chi connectivity index (χ2v) is 31.2. The molecule has 4 atom stereocenters. The summed E-state index contributed by atoms with van der Waals surface area (Å²) in [7, 11) is 0. The van der Waals surface area contributed by atoms with Gasteiger partial charge in [-0.25, -0.2) is 17.6 Å². The van der Waals surface area contributed by atoms with Crippen LogP contribution < -0.4 is 9.97 Å². The van der Waals surface area contributed by atoms with Crippen LogP contribution in [0.2, 0.25) is 10.0 Å². The molecule has 0 bridgehead atoms. The summed E-state index contributed by atoms with van der Waals surface area (Å²) in [6, 6.07) is 21.9. The summed E-state index contributed by atoms with van der Waals surface area (Å²) >= 11 is 10.6. The summed E-state index contributed by atoms with van der Waals surface area (Å²) in [5, 5.41) is 22.4. The summed E-state index contributed by atoms with van der Waals surface area (Å²) in [4.78, 5) is 8.22. The Balaban J connectivity index is 0.000000220. The average molecular weight is 1560 g/mol. The third kappa shape index (κ3) is 24.2. The molecule has 2 saturated carbocycles. The monoisotopic (exact) mass is 1560 g/mol. The van der Waals surface area contributed by atoms with Gasteiger partial charge in [-0.05, 0) is 183 Å². The Morgan fingerprint density at radius 3 is 1.22 bits per heavy atom. The molecule has 4 aromatic carbocycles. The van der Waals surface area contributed by atoms with Gasteiger partial charge >= 0.3 is 216 Å². The molecule has 2 N–H and O–H groups in total. The minimum atomic E-state index is -4.32. The number of allylic oxidation sites excluding steroid dienone is 8. The second-order valence-electron chi connectivity index (χ2n) is 27.3. The maximum Gasteiger partial charge on any atom is 0.165 e. The molecule has 6 aliphatic carbocycles. The van der Waals surface area contributed by atoms with Gasteiger partial charge in [0.15, 0.2) is 23.1 Å². The molecule has 2 heterocycles. The van der Waals surface area contributed by atoms with Crippen molar-refractivity contribution in [2.75, 3.05) is 0 Å². The van der Waals surface area contributed by atoms with Crippen LogP contribution in [0.15, 0.2) is 120 Å². The number of phenols is 2. The molecule has 2 fully saturated rings. The van der Waals surface area contributed by atoms with Crippen LogP contribution in [0, 0.1) is 62.0 Å². The van der Waals surface area contributed by atoms with Gasteiger partial charge in [-0.3, -0.25) is 0 Å². The predicted octanol–water partition coefficient (Wildman–Crippen LogP) is 25.1. The molecular weight excluding hydrogens is 1460 g/mol. The summed E-state index contributed by atoms with van der Waals surface area (Å²) in [6.45, 7) is 32.3. The molecule has 0 saturated heterocycles. The molecule has 6 aliphatic rings. The van der Waals surface area contributed by atoms with E-state index in [1.165, 1.54) is 24.3 Å². The normalized spacial score (nSPS) is 18.3. The number of hydrogen-bond donors (Lipinski definition) is 2. The predicted molar refractivity (Wildman–Crippen MR) is 389 cm³/mol. The molecule has 0 aliphatic heterocycles. The SMILES string of the molecule is CC.CC.CC(C)(C)[CH]=[Mo]=[N]c1c(Cl)cccc1Cl.CC(C)(C)[CH]=[Mo]=[N]c1ccccc1C(F)(F)F.CC1C(c2c(O)c(F)cc3c2CCCC3)=C2CCCCC2=CC1F.CC1C(c2c(O)c(F)cc3c2CCCC3)=C2CCCCC2=CC1F.Cc1ccc(C)[n-]1.Cc1ccc(C)[n-]1. The maximum atomic E-state index is 14.7. The van der Waals surface area contributed by atoms with Crippen LogP contribution in [0.5, 0.6) is 11.5 Å². The number of rotatable bonds is 4. The van der Waals surface area contributed by atoms with E-state index < -0.39 is 71.6 Å². The summed E-state index contributed by atoms with van der Waals surface area (Å²) in [5.41, 5.74) is 16.4. The van der Waals surface area contributed by atoms with Gasteiger partial charge < -0.3 is 20.2 Å². The molecule has 0 amide bonds. The standard InChI is InChI=1S/2C21H24F2O.C7H4F3N.C6H3Cl2N.2C6H8N.2C5H10.2C2H6.2Mo/c2*1-12-17(22)10-13-6-2-4-8-15(13)19(12)20-16-9-5-3-7-14(16)11-18(23)21(20)24;8-7(9,10)5-3-1-2-4-6(5)11;7-4-2-1-3-5(8)6(4)9;2*1-5-3-4-6(2)7-5;2*1-5(2,3)4;2*1-2;;/h2*10-12,17,24H,2-9H2,1H3;1-4H;1-3H;2*3-4H,1-2H3;2*1H,2-4H3;2*1-2H3;;/q;;;;2*-1;;;;;;.